The van der Waals surface area contributed by atoms with Crippen molar-refractivity contribution in [3.63, 3.8) is 0 Å². The van der Waals surface area contributed by atoms with Gasteiger partial charge in [0, 0.05) is 0 Å². The molecule has 0 saturated heterocycles. The zero-order chi connectivity index (χ0) is 3.58. The van der Waals surface area contributed by atoms with Crippen LogP contribution in [0.25, 0.3) is 0 Å². The molecule has 0 aliphatic carbocycles. The Labute approximate surface area is 33.1 Å². The zero-order valence-electron chi connectivity index (χ0n) is 2.21. The first kappa shape index (κ1) is 8.96. The number of hydrogen-bond acceptors (Lipinski definition) is 1. The molecule has 0 fully saturated rings. The van der Waals surface area contributed by atoms with Gasteiger partial charge in [0.15, 0.2) is 0 Å². The molecule has 0 unspecified atom stereocenters. The van der Waals surface area contributed by atoms with Gasteiger partial charge in [-0.15, -0.1) is 0 Å². The van der Waals surface area contributed by atoms with Gasteiger partial charge in [0.2, 0.25) is 0 Å². The Balaban J connectivity index is 0. The van der Waals surface area contributed by atoms with Gasteiger partial charge in [0.05, 0.1) is 0 Å². The average molecular weight is 147 g/mol. The molecule has 4 N–H and O–H groups in total. The number of hydrogen-bond donors (Lipinski definition) is 2. The normalized spacial score (nSPS) is 7.00. The van der Waals surface area contributed by atoms with Gasteiger partial charge in [-0.3, -0.25) is 0 Å². The summed E-state index contributed by atoms with van der Waals surface area (Å²) in [5, 5.41) is 0. The fourth-order valence-corrected chi connectivity index (χ4v) is 0. The molecular formula is H4O4Se. The third-order valence-electron chi connectivity index (χ3n) is 0. The van der Waals surface area contributed by atoms with Gasteiger partial charge >= 0.3 is 26.7 Å². The standard InChI is InChI=1S/H2O3Se.H2O/c1-4(2)3;/h(H2,1,2,3);1H2. The van der Waals surface area contributed by atoms with Crippen LogP contribution < -0.4 is 0 Å². The maximum atomic E-state index is 8.76. The first-order valence-electron chi connectivity index (χ1n) is 0.532. The molecule has 0 aromatic carbocycles. The molecule has 5 heavy (non-hydrogen) atoms. The quantitative estimate of drug-likeness (QED) is 0.373. The van der Waals surface area contributed by atoms with Gasteiger partial charge in [-0.25, -0.2) is 0 Å². The Bertz CT molecular complexity index is 26.6. The molecule has 0 heterocycles. The predicted molar refractivity (Wildman–Crippen MR) is 14.5 cm³/mol. The van der Waals surface area contributed by atoms with Crippen molar-refractivity contribution >= 4 is 14.5 Å². The van der Waals surface area contributed by atoms with E-state index in [0.29, 0.717) is 0 Å². The van der Waals surface area contributed by atoms with Gasteiger partial charge in [0.1, 0.15) is 0 Å². The topological polar surface area (TPSA) is 89.0 Å². The SMILES string of the molecule is O.O=[Se](O)O. The van der Waals surface area contributed by atoms with Gasteiger partial charge in [-0.2, -0.15) is 0 Å². The van der Waals surface area contributed by atoms with Crippen molar-refractivity contribution in [1.29, 1.82) is 0 Å². The second kappa shape index (κ2) is 4.20. The summed E-state index contributed by atoms with van der Waals surface area (Å²) in [5.74, 6) is 0. The summed E-state index contributed by atoms with van der Waals surface area (Å²) in [6.45, 7) is 0. The van der Waals surface area contributed by atoms with Crippen molar-refractivity contribution < 1.29 is 17.7 Å². The van der Waals surface area contributed by atoms with Gasteiger partial charge in [-0.1, -0.05) is 0 Å². The third-order valence-corrected chi connectivity index (χ3v) is 0. The molecule has 0 saturated carbocycles. The van der Waals surface area contributed by atoms with Crippen LogP contribution in [0.3, 0.4) is 0 Å². The molecule has 0 amide bonds. The summed E-state index contributed by atoms with van der Waals surface area (Å²) in [6.07, 6.45) is 0. The van der Waals surface area contributed by atoms with E-state index in [-0.39, 0.29) is 5.48 Å². The van der Waals surface area contributed by atoms with E-state index in [9.17, 15) is 0 Å². The molecule has 0 aliphatic rings. The van der Waals surface area contributed by atoms with E-state index in [4.69, 9.17) is 12.2 Å². The summed E-state index contributed by atoms with van der Waals surface area (Å²) in [6, 6.07) is 0. The molecule has 0 radical (unpaired) electrons. The van der Waals surface area contributed by atoms with Crippen molar-refractivity contribution in [2.24, 2.45) is 0 Å². The predicted octanol–water partition coefficient (Wildman–Crippen LogP) is -2.44. The fourth-order valence-electron chi connectivity index (χ4n) is 0. The molecule has 0 atom stereocenters. The second-order valence-corrected chi connectivity index (χ2v) is 1.20. The molecule has 34 valence electrons. The van der Waals surface area contributed by atoms with Crippen LogP contribution in [0, 0.1) is 0 Å². The van der Waals surface area contributed by atoms with Crippen LogP contribution >= 0.6 is 0 Å². The van der Waals surface area contributed by atoms with Crippen LogP contribution in [0.4, 0.5) is 0 Å². The summed E-state index contributed by atoms with van der Waals surface area (Å²) in [5.41, 5.74) is 0. The Kier molecular flexibility index (Phi) is 7.52. The average Bonchev–Trinajstić information content (AvgIpc) is 0.811. The number of rotatable bonds is 0. The Morgan fingerprint density at radius 1 is 1.40 bits per heavy atom. The van der Waals surface area contributed by atoms with Crippen molar-refractivity contribution in [1.82, 2.24) is 0 Å². The van der Waals surface area contributed by atoms with Crippen LogP contribution in [0.5, 0.6) is 0 Å². The van der Waals surface area contributed by atoms with Crippen molar-refractivity contribution in [2.45, 2.75) is 0 Å². The Hall–Kier alpha value is 0.199. The van der Waals surface area contributed by atoms with Crippen molar-refractivity contribution in [2.75, 3.05) is 0 Å². The molecule has 5 heteroatoms. The van der Waals surface area contributed by atoms with E-state index in [0.717, 1.165) is 0 Å². The van der Waals surface area contributed by atoms with Crippen molar-refractivity contribution in [3.8, 4) is 0 Å². The van der Waals surface area contributed by atoms with Crippen LogP contribution in [-0.2, 0) is 3.83 Å². The van der Waals surface area contributed by atoms with E-state index >= 15 is 0 Å². The second-order valence-electron chi connectivity index (χ2n) is 0.231. The zero-order valence-corrected chi connectivity index (χ0v) is 3.92. The molecule has 0 aromatic heterocycles. The maximum absolute atomic E-state index is 8.76. The first-order chi connectivity index (χ1) is 1.73. The monoisotopic (exact) mass is 148 g/mol. The van der Waals surface area contributed by atoms with Crippen LogP contribution in [0.1, 0.15) is 0 Å². The summed E-state index contributed by atoms with van der Waals surface area (Å²) >= 11 is -3.29. The van der Waals surface area contributed by atoms with Crippen LogP contribution in [0.15, 0.2) is 0 Å². The summed E-state index contributed by atoms with van der Waals surface area (Å²) in [4.78, 5) is 0. The van der Waals surface area contributed by atoms with Crippen LogP contribution in [0.2, 0.25) is 0 Å². The Morgan fingerprint density at radius 2 is 1.40 bits per heavy atom. The molecule has 0 aromatic rings. The molecule has 0 aliphatic heterocycles. The molecule has 4 nitrogen and oxygen atoms in total. The van der Waals surface area contributed by atoms with Crippen molar-refractivity contribution in [3.05, 3.63) is 0 Å². The van der Waals surface area contributed by atoms with E-state index in [1.807, 2.05) is 0 Å². The van der Waals surface area contributed by atoms with E-state index in [1.165, 1.54) is 0 Å². The minimum absolute atomic E-state index is 0. The molecular weight excluding hydrogens is 143 g/mol. The van der Waals surface area contributed by atoms with Gasteiger partial charge < -0.3 is 5.48 Å². The van der Waals surface area contributed by atoms with E-state index in [2.05, 4.69) is 0 Å². The summed E-state index contributed by atoms with van der Waals surface area (Å²) < 4.78 is 23.1. The summed E-state index contributed by atoms with van der Waals surface area (Å²) in [7, 11) is 0. The molecule has 0 rings (SSSR count). The van der Waals surface area contributed by atoms with Gasteiger partial charge in [-0.05, 0) is 0 Å². The third kappa shape index (κ3) is 511. The van der Waals surface area contributed by atoms with E-state index < -0.39 is 14.5 Å². The minimum atomic E-state index is -3.29. The Morgan fingerprint density at radius 3 is 1.40 bits per heavy atom. The molecule has 0 bridgehead atoms. The molecule has 0 spiro atoms. The fraction of sp³-hybridized carbons (Fsp3) is 0. The first-order valence-corrected chi connectivity index (χ1v) is 2.76. The van der Waals surface area contributed by atoms with Crippen LogP contribution in [-0.4, -0.2) is 28.3 Å². The van der Waals surface area contributed by atoms with E-state index in [1.54, 1.807) is 0 Å². The van der Waals surface area contributed by atoms with Gasteiger partial charge in [0.25, 0.3) is 0 Å².